The Kier molecular flexibility index (Phi) is 6.68. The third-order valence-corrected chi connectivity index (χ3v) is 9.11. The summed E-state index contributed by atoms with van der Waals surface area (Å²) in [5, 5.41) is 3.50. The van der Waals surface area contributed by atoms with Gasteiger partial charge in [0.2, 0.25) is 11.8 Å². The maximum atomic E-state index is 13.7. The van der Waals surface area contributed by atoms with Crippen molar-refractivity contribution < 1.29 is 9.59 Å². The number of nitrogens with two attached hydrogens (primary N) is 1. The molecule has 2 amide bonds. The first-order chi connectivity index (χ1) is 14.9. The highest BCUT2D eigenvalue weighted by Gasteiger charge is 2.53. The smallest absolute Gasteiger partial charge is 0.241 e. The molecule has 170 valence electrons. The fourth-order valence-corrected chi connectivity index (χ4v) is 7.52. The minimum Gasteiger partial charge on any atom is -0.369 e. The standard InChI is InChI=1S/C25H37N3O2S/c1-3-18-15-24(22(26)29)14-17(2)13-19(16-24)21(18)27-23(30)25(11-7-8-12-25)28-31-20-9-5-4-6-10-20/h4-6,9-10,17-19,21,28H,3,7-8,11-16H2,1-2H3,(H2,26,29)(H,27,30). The number of rotatable bonds is 7. The molecule has 5 nitrogen and oxygen atoms in total. The molecule has 0 spiro atoms. The molecule has 0 saturated heterocycles. The van der Waals surface area contributed by atoms with Gasteiger partial charge in [-0.15, -0.1) is 0 Å². The van der Waals surface area contributed by atoms with Crippen LogP contribution >= 0.6 is 11.9 Å². The lowest BCUT2D eigenvalue weighted by Crippen LogP contribution is -2.62. The van der Waals surface area contributed by atoms with Crippen LogP contribution in [0.25, 0.3) is 0 Å². The fraction of sp³-hybridized carbons (Fsp3) is 0.680. The Bertz CT molecular complexity index is 795. The van der Waals surface area contributed by atoms with Crippen molar-refractivity contribution in [2.75, 3.05) is 0 Å². The molecule has 5 unspecified atom stereocenters. The van der Waals surface area contributed by atoms with E-state index in [0.717, 1.165) is 62.7 Å². The van der Waals surface area contributed by atoms with E-state index in [0.29, 0.717) is 17.8 Å². The summed E-state index contributed by atoms with van der Waals surface area (Å²) in [6, 6.07) is 10.3. The van der Waals surface area contributed by atoms with Crippen molar-refractivity contribution in [1.29, 1.82) is 0 Å². The van der Waals surface area contributed by atoms with E-state index >= 15 is 0 Å². The van der Waals surface area contributed by atoms with Gasteiger partial charge in [0.1, 0.15) is 5.54 Å². The van der Waals surface area contributed by atoms with Crippen molar-refractivity contribution >= 4 is 23.8 Å². The van der Waals surface area contributed by atoms with Gasteiger partial charge in [-0.25, -0.2) is 4.72 Å². The van der Waals surface area contributed by atoms with Crippen LogP contribution in [0.1, 0.15) is 71.6 Å². The van der Waals surface area contributed by atoms with Crippen LogP contribution in [0.5, 0.6) is 0 Å². The molecule has 5 atom stereocenters. The summed E-state index contributed by atoms with van der Waals surface area (Å²) in [7, 11) is 0. The van der Waals surface area contributed by atoms with Crippen molar-refractivity contribution in [3.63, 3.8) is 0 Å². The largest absolute Gasteiger partial charge is 0.369 e. The Balaban J connectivity index is 1.50. The summed E-state index contributed by atoms with van der Waals surface area (Å²) >= 11 is 1.56. The molecule has 31 heavy (non-hydrogen) atoms. The Labute approximate surface area is 190 Å². The molecule has 1 aromatic carbocycles. The molecule has 3 aliphatic carbocycles. The number of amides is 2. The zero-order valence-corrected chi connectivity index (χ0v) is 19.7. The molecule has 4 N–H and O–H groups in total. The normalized spacial score (nSPS) is 34.3. The number of carbonyl (C=O) groups excluding carboxylic acids is 2. The first kappa shape index (κ1) is 22.7. The van der Waals surface area contributed by atoms with E-state index in [-0.39, 0.29) is 23.3 Å². The van der Waals surface area contributed by atoms with Crippen LogP contribution in [0.15, 0.2) is 35.2 Å². The average molecular weight is 444 g/mol. The number of hydrogen-bond acceptors (Lipinski definition) is 4. The number of hydrogen-bond donors (Lipinski definition) is 3. The van der Waals surface area contributed by atoms with E-state index in [2.05, 4.69) is 36.0 Å². The van der Waals surface area contributed by atoms with Gasteiger partial charge in [0.05, 0.1) is 0 Å². The lowest BCUT2D eigenvalue weighted by atomic mass is 9.54. The SMILES string of the molecule is CCC1CC2(C(N)=O)CC(C)CC(C2)C1NC(=O)C1(NSc2ccccc2)CCCC1. The molecule has 0 heterocycles. The summed E-state index contributed by atoms with van der Waals surface area (Å²) in [6.45, 7) is 4.41. The Morgan fingerprint density at radius 1 is 1.13 bits per heavy atom. The second-order valence-corrected chi connectivity index (χ2v) is 11.2. The molecular weight excluding hydrogens is 406 g/mol. The first-order valence-corrected chi connectivity index (χ1v) is 12.8. The predicted molar refractivity (Wildman–Crippen MR) is 125 cm³/mol. The third kappa shape index (κ3) is 4.51. The van der Waals surface area contributed by atoms with Crippen LogP contribution in [0, 0.1) is 23.2 Å². The van der Waals surface area contributed by atoms with Crippen molar-refractivity contribution in [1.82, 2.24) is 10.0 Å². The van der Waals surface area contributed by atoms with Crippen molar-refractivity contribution in [3.05, 3.63) is 30.3 Å². The number of fused-ring (bicyclic) bond motifs is 2. The predicted octanol–water partition coefficient (Wildman–Crippen LogP) is 4.42. The van der Waals surface area contributed by atoms with E-state index in [1.165, 1.54) is 0 Å². The molecule has 2 bridgehead atoms. The van der Waals surface area contributed by atoms with Gasteiger partial charge in [0.15, 0.2) is 0 Å². The lowest BCUT2D eigenvalue weighted by Gasteiger charge is -2.53. The average Bonchev–Trinajstić information content (AvgIpc) is 3.24. The summed E-state index contributed by atoms with van der Waals surface area (Å²) in [6.07, 6.45) is 8.45. The molecule has 6 heteroatoms. The highest BCUT2D eigenvalue weighted by Crippen LogP contribution is 2.53. The van der Waals surface area contributed by atoms with Crippen molar-refractivity contribution in [2.45, 2.75) is 88.1 Å². The van der Waals surface area contributed by atoms with Gasteiger partial charge in [-0.2, -0.15) is 0 Å². The fourth-order valence-electron chi connectivity index (χ4n) is 6.61. The second kappa shape index (κ2) is 9.14. The third-order valence-electron chi connectivity index (χ3n) is 8.11. The molecule has 0 aromatic heterocycles. The van der Waals surface area contributed by atoms with E-state index in [1.807, 2.05) is 18.2 Å². The molecule has 0 radical (unpaired) electrons. The Hall–Kier alpha value is -1.53. The lowest BCUT2D eigenvalue weighted by molar-refractivity contribution is -0.139. The molecule has 1 aromatic rings. The maximum absolute atomic E-state index is 13.7. The molecule has 0 aliphatic heterocycles. The van der Waals surface area contributed by atoms with Crippen molar-refractivity contribution in [3.8, 4) is 0 Å². The van der Waals surface area contributed by atoms with E-state index in [4.69, 9.17) is 5.73 Å². The number of carbonyl (C=O) groups is 2. The van der Waals surface area contributed by atoms with Crippen LogP contribution in [0.2, 0.25) is 0 Å². The number of nitrogens with one attached hydrogen (secondary N) is 2. The monoisotopic (exact) mass is 443 g/mol. The van der Waals surface area contributed by atoms with Crippen LogP contribution in [-0.2, 0) is 9.59 Å². The van der Waals surface area contributed by atoms with Crippen LogP contribution in [0.4, 0.5) is 0 Å². The summed E-state index contributed by atoms with van der Waals surface area (Å²) in [5.41, 5.74) is 5.02. The zero-order chi connectivity index (χ0) is 22.1. The van der Waals surface area contributed by atoms with E-state index < -0.39 is 5.54 Å². The zero-order valence-electron chi connectivity index (χ0n) is 18.9. The Morgan fingerprint density at radius 3 is 2.48 bits per heavy atom. The highest BCUT2D eigenvalue weighted by molar-refractivity contribution is 7.97. The van der Waals surface area contributed by atoms with E-state index in [1.54, 1.807) is 11.9 Å². The second-order valence-electron chi connectivity index (χ2n) is 10.3. The quantitative estimate of drug-likeness (QED) is 0.545. The van der Waals surface area contributed by atoms with Gasteiger partial charge in [-0.05, 0) is 80.4 Å². The molecular formula is C25H37N3O2S. The van der Waals surface area contributed by atoms with Crippen molar-refractivity contribution in [2.24, 2.45) is 28.9 Å². The van der Waals surface area contributed by atoms with Crippen LogP contribution < -0.4 is 15.8 Å². The number of benzene rings is 1. The van der Waals surface area contributed by atoms with Gasteiger partial charge in [-0.3, -0.25) is 9.59 Å². The minimum absolute atomic E-state index is 0.133. The van der Waals surface area contributed by atoms with Crippen LogP contribution in [-0.4, -0.2) is 23.4 Å². The van der Waals surface area contributed by atoms with Gasteiger partial charge in [0.25, 0.3) is 0 Å². The highest BCUT2D eigenvalue weighted by atomic mass is 32.2. The minimum atomic E-state index is -0.517. The molecule has 4 rings (SSSR count). The van der Waals surface area contributed by atoms with Gasteiger partial charge < -0.3 is 11.1 Å². The van der Waals surface area contributed by atoms with Gasteiger partial charge in [-0.1, -0.05) is 51.3 Å². The van der Waals surface area contributed by atoms with Gasteiger partial charge >= 0.3 is 0 Å². The Morgan fingerprint density at radius 2 is 1.84 bits per heavy atom. The topological polar surface area (TPSA) is 84.2 Å². The molecule has 3 fully saturated rings. The summed E-state index contributed by atoms with van der Waals surface area (Å²) in [4.78, 5) is 27.2. The maximum Gasteiger partial charge on any atom is 0.241 e. The van der Waals surface area contributed by atoms with E-state index in [9.17, 15) is 9.59 Å². The first-order valence-electron chi connectivity index (χ1n) is 12.0. The molecule has 3 aliphatic rings. The summed E-state index contributed by atoms with van der Waals surface area (Å²) in [5.74, 6) is 1.11. The van der Waals surface area contributed by atoms with Gasteiger partial charge in [0, 0.05) is 16.4 Å². The molecule has 3 saturated carbocycles. The van der Waals surface area contributed by atoms with Crippen LogP contribution in [0.3, 0.4) is 0 Å². The summed E-state index contributed by atoms with van der Waals surface area (Å²) < 4.78 is 3.55. The number of primary amides is 1.